The lowest BCUT2D eigenvalue weighted by Gasteiger charge is -2.07. The number of hydrogen-bond donors (Lipinski definition) is 1. The molecule has 1 N–H and O–H groups in total. The van der Waals surface area contributed by atoms with Gasteiger partial charge in [0.05, 0.1) is 6.61 Å². The minimum absolute atomic E-state index is 0.107. The summed E-state index contributed by atoms with van der Waals surface area (Å²) in [6.07, 6.45) is 6.94. The van der Waals surface area contributed by atoms with Crippen LogP contribution in [0.3, 0.4) is 0 Å². The Hall–Kier alpha value is -1.59. The van der Waals surface area contributed by atoms with E-state index >= 15 is 0 Å². The van der Waals surface area contributed by atoms with Crippen LogP contribution in [0.5, 0.6) is 0 Å². The number of allylic oxidation sites excluding steroid dienone is 3. The Kier molecular flexibility index (Phi) is 12.7. The summed E-state index contributed by atoms with van der Waals surface area (Å²) in [5.41, 5.74) is 0. The number of amides is 1. The summed E-state index contributed by atoms with van der Waals surface area (Å²) in [5, 5.41) is 2.49. The number of likely N-dealkylation sites (N-methyl/N-ethyl adjacent to an activating group) is 1. The summed E-state index contributed by atoms with van der Waals surface area (Å²) >= 11 is 0. The molecule has 0 aliphatic heterocycles. The fourth-order valence-electron chi connectivity index (χ4n) is 1.20. The van der Waals surface area contributed by atoms with Gasteiger partial charge in [-0.3, -0.25) is 4.79 Å². The summed E-state index contributed by atoms with van der Waals surface area (Å²) in [4.78, 5) is 10.8. The van der Waals surface area contributed by atoms with Gasteiger partial charge in [-0.1, -0.05) is 25.3 Å². The van der Waals surface area contributed by atoms with Crippen LogP contribution in [0.25, 0.3) is 0 Å². The van der Waals surface area contributed by atoms with Gasteiger partial charge in [0.2, 0.25) is 5.91 Å². The third kappa shape index (κ3) is 12.9. The molecule has 0 saturated carbocycles. The maximum atomic E-state index is 10.8. The van der Waals surface area contributed by atoms with E-state index in [1.165, 1.54) is 0 Å². The minimum atomic E-state index is -0.107. The van der Waals surface area contributed by atoms with Crippen LogP contribution in [0.1, 0.15) is 12.8 Å². The summed E-state index contributed by atoms with van der Waals surface area (Å²) in [5.74, 6) is 0.486. The summed E-state index contributed by atoms with van der Waals surface area (Å²) in [6, 6.07) is 0. The van der Waals surface area contributed by atoms with E-state index in [0.717, 1.165) is 12.8 Å². The molecule has 0 unspecified atom stereocenters. The summed E-state index contributed by atoms with van der Waals surface area (Å²) < 4.78 is 15.9. The van der Waals surface area contributed by atoms with Crippen LogP contribution >= 0.6 is 0 Å². The van der Waals surface area contributed by atoms with E-state index in [9.17, 15) is 4.79 Å². The maximum Gasteiger partial charge on any atom is 0.245 e. The van der Waals surface area contributed by atoms with E-state index in [1.807, 2.05) is 0 Å². The van der Waals surface area contributed by atoms with Gasteiger partial charge < -0.3 is 19.5 Å². The van der Waals surface area contributed by atoms with Crippen molar-refractivity contribution in [2.45, 2.75) is 12.8 Å². The van der Waals surface area contributed by atoms with E-state index in [-0.39, 0.29) is 12.5 Å². The minimum Gasteiger partial charge on any atom is -0.492 e. The van der Waals surface area contributed by atoms with Crippen molar-refractivity contribution in [3.05, 3.63) is 37.1 Å². The third-order valence-corrected chi connectivity index (χ3v) is 2.27. The first-order chi connectivity index (χ1) is 9.70. The van der Waals surface area contributed by atoms with Crippen molar-refractivity contribution in [3.63, 3.8) is 0 Å². The number of carbonyl (C=O) groups is 1. The Morgan fingerprint density at radius 3 is 2.50 bits per heavy atom. The molecule has 114 valence electrons. The highest BCUT2D eigenvalue weighted by Crippen LogP contribution is 1.96. The lowest BCUT2D eigenvalue weighted by atomic mass is 10.3. The molecule has 5 nitrogen and oxygen atoms in total. The topological polar surface area (TPSA) is 56.8 Å². The Morgan fingerprint density at radius 2 is 1.85 bits per heavy atom. The van der Waals surface area contributed by atoms with Crippen molar-refractivity contribution < 1.29 is 19.0 Å². The largest absolute Gasteiger partial charge is 0.492 e. The highest BCUT2D eigenvalue weighted by Gasteiger charge is 1.97. The molecule has 0 heterocycles. The van der Waals surface area contributed by atoms with E-state index < -0.39 is 0 Å². The van der Waals surface area contributed by atoms with E-state index in [4.69, 9.17) is 14.2 Å². The van der Waals surface area contributed by atoms with Crippen molar-refractivity contribution >= 4 is 5.91 Å². The van der Waals surface area contributed by atoms with Crippen molar-refractivity contribution in [3.8, 4) is 0 Å². The van der Waals surface area contributed by atoms with Gasteiger partial charge in [-0.05, 0) is 18.9 Å². The quantitative estimate of drug-likeness (QED) is 0.318. The first-order valence-corrected chi connectivity index (χ1v) is 6.67. The second kappa shape index (κ2) is 13.8. The van der Waals surface area contributed by atoms with Crippen LogP contribution in [-0.2, 0) is 19.0 Å². The molecule has 0 spiro atoms. The van der Waals surface area contributed by atoms with Gasteiger partial charge in [-0.2, -0.15) is 0 Å². The van der Waals surface area contributed by atoms with Crippen molar-refractivity contribution in [2.75, 3.05) is 40.1 Å². The van der Waals surface area contributed by atoms with Crippen LogP contribution in [-0.4, -0.2) is 46.0 Å². The molecule has 0 aliphatic carbocycles. The maximum absolute atomic E-state index is 10.8. The average Bonchev–Trinajstić information content (AvgIpc) is 2.46. The van der Waals surface area contributed by atoms with E-state index in [2.05, 4.69) is 18.5 Å². The fraction of sp³-hybridized carbons (Fsp3) is 0.533. The number of ether oxygens (including phenoxy) is 3. The molecule has 0 aromatic carbocycles. The zero-order valence-electron chi connectivity index (χ0n) is 12.2. The first-order valence-electron chi connectivity index (χ1n) is 6.67. The van der Waals surface area contributed by atoms with Crippen LogP contribution < -0.4 is 5.32 Å². The van der Waals surface area contributed by atoms with Gasteiger partial charge in [0.25, 0.3) is 0 Å². The lowest BCUT2D eigenvalue weighted by molar-refractivity contribution is -0.125. The molecular formula is C15H25NO4. The Bertz CT molecular complexity index is 313. The average molecular weight is 283 g/mol. The van der Waals surface area contributed by atoms with Crippen molar-refractivity contribution in [1.29, 1.82) is 0 Å². The van der Waals surface area contributed by atoms with Crippen molar-refractivity contribution in [1.82, 2.24) is 5.32 Å². The first kappa shape index (κ1) is 18.4. The molecule has 5 heteroatoms. The van der Waals surface area contributed by atoms with Crippen LogP contribution in [0.4, 0.5) is 0 Å². The standard InChI is InChI=1S/C15H25NO4/c1-4-5-8-14(2)20-12-11-18-9-6-7-10-19-13-15(17)16-3/h4-5,8H,1-2,6-7,9-13H2,3H3,(H,16,17)/b8-5-. The highest BCUT2D eigenvalue weighted by atomic mass is 16.5. The number of unbranched alkanes of at least 4 members (excludes halogenated alkanes) is 1. The number of carbonyl (C=O) groups excluding carboxylic acids is 1. The van der Waals surface area contributed by atoms with Gasteiger partial charge >= 0.3 is 0 Å². The smallest absolute Gasteiger partial charge is 0.245 e. The predicted octanol–water partition coefficient (Wildman–Crippen LogP) is 1.82. The molecule has 0 fully saturated rings. The molecule has 1 amide bonds. The predicted molar refractivity (Wildman–Crippen MR) is 79.4 cm³/mol. The second-order valence-electron chi connectivity index (χ2n) is 3.95. The Morgan fingerprint density at radius 1 is 1.15 bits per heavy atom. The van der Waals surface area contributed by atoms with Gasteiger partial charge in [-0.15, -0.1) is 0 Å². The molecule has 0 aliphatic rings. The Labute approximate surface area is 121 Å². The number of hydrogen-bond acceptors (Lipinski definition) is 4. The third-order valence-electron chi connectivity index (χ3n) is 2.27. The SMILES string of the molecule is C=C/C=C\C(=C)OCCOCCCCOCC(=O)NC. The van der Waals surface area contributed by atoms with Gasteiger partial charge in [0.15, 0.2) is 0 Å². The molecule has 0 atom stereocenters. The highest BCUT2D eigenvalue weighted by molar-refractivity contribution is 5.76. The molecular weight excluding hydrogens is 258 g/mol. The van der Waals surface area contributed by atoms with E-state index in [1.54, 1.807) is 25.3 Å². The van der Waals surface area contributed by atoms with Crippen LogP contribution in [0, 0.1) is 0 Å². The zero-order valence-corrected chi connectivity index (χ0v) is 12.2. The number of rotatable bonds is 13. The Balaban J connectivity index is 3.21. The molecule has 0 radical (unpaired) electrons. The van der Waals surface area contributed by atoms with Gasteiger partial charge in [0.1, 0.15) is 19.0 Å². The summed E-state index contributed by atoms with van der Waals surface area (Å²) in [7, 11) is 1.59. The van der Waals surface area contributed by atoms with Crippen molar-refractivity contribution in [2.24, 2.45) is 0 Å². The molecule has 0 aromatic rings. The molecule has 20 heavy (non-hydrogen) atoms. The molecule has 0 saturated heterocycles. The van der Waals surface area contributed by atoms with Crippen LogP contribution in [0.2, 0.25) is 0 Å². The zero-order chi connectivity index (χ0) is 15.1. The van der Waals surface area contributed by atoms with E-state index in [0.29, 0.717) is 32.2 Å². The second-order valence-corrected chi connectivity index (χ2v) is 3.95. The monoisotopic (exact) mass is 283 g/mol. The number of nitrogens with one attached hydrogen (secondary N) is 1. The lowest BCUT2D eigenvalue weighted by Crippen LogP contribution is -2.23. The van der Waals surface area contributed by atoms with Gasteiger partial charge in [-0.25, -0.2) is 0 Å². The van der Waals surface area contributed by atoms with Crippen LogP contribution in [0.15, 0.2) is 37.1 Å². The fourth-order valence-corrected chi connectivity index (χ4v) is 1.20. The summed E-state index contributed by atoms with van der Waals surface area (Å²) in [6.45, 7) is 9.62. The molecule has 0 bridgehead atoms. The normalized spacial score (nSPS) is 10.4. The van der Waals surface area contributed by atoms with Gasteiger partial charge in [0, 0.05) is 20.3 Å². The molecule has 0 aromatic heterocycles. The molecule has 0 rings (SSSR count).